The van der Waals surface area contributed by atoms with Crippen molar-refractivity contribution in [1.29, 1.82) is 0 Å². The highest BCUT2D eigenvalue weighted by atomic mass is 35.5. The summed E-state index contributed by atoms with van der Waals surface area (Å²) in [6.45, 7) is 5.57. The minimum atomic E-state index is -1.12. The van der Waals surface area contributed by atoms with E-state index in [4.69, 9.17) is 16.3 Å². The molecular weight excluding hydrogens is 297 g/mol. The molecule has 0 aliphatic carbocycles. The van der Waals surface area contributed by atoms with Gasteiger partial charge in [-0.15, -0.1) is 0 Å². The van der Waals surface area contributed by atoms with Crippen LogP contribution < -0.4 is 0 Å². The van der Waals surface area contributed by atoms with Gasteiger partial charge in [0.25, 0.3) is 0 Å². The van der Waals surface area contributed by atoms with Crippen LogP contribution in [-0.2, 0) is 4.74 Å². The van der Waals surface area contributed by atoms with E-state index in [1.807, 2.05) is 0 Å². The lowest BCUT2D eigenvalue weighted by atomic mass is 9.96. The number of hydrogen-bond donors (Lipinski definition) is 1. The maximum absolute atomic E-state index is 14.0. The Hall–Kier alpha value is -1.33. The predicted molar refractivity (Wildman–Crippen MR) is 77.7 cm³/mol. The minimum Gasteiger partial charge on any atom is -0.444 e. The Bertz CT molecular complexity index is 544. The van der Waals surface area contributed by atoms with E-state index in [2.05, 4.69) is 0 Å². The Morgan fingerprint density at radius 1 is 1.48 bits per heavy atom. The minimum absolute atomic E-state index is 0.00965. The average Bonchev–Trinajstić information content (AvgIpc) is 2.73. The third kappa shape index (κ3) is 3.47. The van der Waals surface area contributed by atoms with Crippen LogP contribution in [0.1, 0.15) is 38.7 Å². The van der Waals surface area contributed by atoms with Gasteiger partial charge in [0, 0.05) is 12.5 Å². The summed E-state index contributed by atoms with van der Waals surface area (Å²) in [5.41, 5.74) is -0.322. The maximum atomic E-state index is 14.0. The molecule has 1 unspecified atom stereocenters. The fourth-order valence-electron chi connectivity index (χ4n) is 2.42. The number of nitrogens with zero attached hydrogens (tertiary/aromatic N) is 1. The van der Waals surface area contributed by atoms with Crippen molar-refractivity contribution in [2.75, 3.05) is 6.54 Å². The fourth-order valence-corrected chi connectivity index (χ4v) is 2.60. The van der Waals surface area contributed by atoms with E-state index in [9.17, 15) is 14.3 Å². The van der Waals surface area contributed by atoms with Gasteiger partial charge in [-0.2, -0.15) is 0 Å². The number of aliphatic hydroxyl groups is 1. The molecule has 2 atom stereocenters. The van der Waals surface area contributed by atoms with Crippen LogP contribution in [0.2, 0.25) is 5.02 Å². The zero-order valence-electron chi connectivity index (χ0n) is 12.3. The first-order valence-corrected chi connectivity index (χ1v) is 7.20. The normalized spacial score (nSPS) is 22.5. The highest BCUT2D eigenvalue weighted by molar-refractivity contribution is 6.30. The first kappa shape index (κ1) is 16.0. The number of amides is 1. The lowest BCUT2D eigenvalue weighted by molar-refractivity contribution is -0.0175. The monoisotopic (exact) mass is 315 g/mol. The number of carbonyl (C=O) groups excluding carboxylic acids is 1. The Kier molecular flexibility index (Phi) is 4.44. The molecule has 1 heterocycles. The molecule has 0 spiro atoms. The summed E-state index contributed by atoms with van der Waals surface area (Å²) in [5.74, 6) is -1.05. The standard InChI is InChI=1S/C15H19ClFNO3/c1-15(2,3)21-14(20)18-8-7-10(13(18)19)9-5-4-6-11(16)12(9)17/h4-6,10,13,19H,7-8H2,1-3H3/t10?,13-/m0/s1. The van der Waals surface area contributed by atoms with Crippen LogP contribution in [0.25, 0.3) is 0 Å². The fraction of sp³-hybridized carbons (Fsp3) is 0.533. The molecular formula is C15H19ClFNO3. The van der Waals surface area contributed by atoms with E-state index in [-0.39, 0.29) is 5.02 Å². The summed E-state index contributed by atoms with van der Waals surface area (Å²) in [5, 5.41) is 10.3. The average molecular weight is 316 g/mol. The van der Waals surface area contributed by atoms with Crippen molar-refractivity contribution in [3.05, 3.63) is 34.6 Å². The van der Waals surface area contributed by atoms with Crippen molar-refractivity contribution >= 4 is 17.7 Å². The van der Waals surface area contributed by atoms with Crippen molar-refractivity contribution in [1.82, 2.24) is 4.90 Å². The van der Waals surface area contributed by atoms with E-state index in [0.29, 0.717) is 18.5 Å². The number of halogens is 2. The summed E-state index contributed by atoms with van der Waals surface area (Å²) >= 11 is 5.76. The van der Waals surface area contributed by atoms with Crippen LogP contribution in [0.15, 0.2) is 18.2 Å². The van der Waals surface area contributed by atoms with Crippen LogP contribution in [0.5, 0.6) is 0 Å². The topological polar surface area (TPSA) is 49.8 Å². The zero-order chi connectivity index (χ0) is 15.8. The third-order valence-corrected chi connectivity index (χ3v) is 3.66. The highest BCUT2D eigenvalue weighted by Gasteiger charge is 2.39. The molecule has 1 aromatic rings. The molecule has 1 aromatic carbocycles. The van der Waals surface area contributed by atoms with Crippen molar-refractivity contribution in [3.63, 3.8) is 0 Å². The number of rotatable bonds is 1. The molecule has 1 aliphatic rings. The number of carbonyl (C=O) groups is 1. The van der Waals surface area contributed by atoms with Gasteiger partial charge in [-0.05, 0) is 38.8 Å². The molecule has 6 heteroatoms. The SMILES string of the molecule is CC(C)(C)OC(=O)N1CCC(c2cccc(Cl)c2F)[C@@H]1O. The molecule has 1 aliphatic heterocycles. The highest BCUT2D eigenvalue weighted by Crippen LogP contribution is 2.35. The van der Waals surface area contributed by atoms with Gasteiger partial charge >= 0.3 is 6.09 Å². The number of ether oxygens (including phenoxy) is 1. The van der Waals surface area contributed by atoms with Gasteiger partial charge in [-0.25, -0.2) is 9.18 Å². The summed E-state index contributed by atoms with van der Waals surface area (Å²) in [6.07, 6.45) is -1.26. The van der Waals surface area contributed by atoms with Gasteiger partial charge < -0.3 is 9.84 Å². The first-order chi connectivity index (χ1) is 9.70. The first-order valence-electron chi connectivity index (χ1n) is 6.82. The number of benzene rings is 1. The number of likely N-dealkylation sites (tertiary alicyclic amines) is 1. The quantitative estimate of drug-likeness (QED) is 0.862. The van der Waals surface area contributed by atoms with Crippen LogP contribution in [0.3, 0.4) is 0 Å². The van der Waals surface area contributed by atoms with Gasteiger partial charge in [0.15, 0.2) is 0 Å². The molecule has 21 heavy (non-hydrogen) atoms. The molecule has 0 saturated carbocycles. The second-order valence-corrected chi connectivity index (χ2v) is 6.53. The Balaban J connectivity index is 2.16. The molecule has 1 saturated heterocycles. The van der Waals surface area contributed by atoms with Gasteiger partial charge in [0.2, 0.25) is 0 Å². The van der Waals surface area contributed by atoms with E-state index < -0.39 is 29.7 Å². The van der Waals surface area contributed by atoms with Crippen molar-refractivity contribution in [2.45, 2.75) is 44.9 Å². The maximum Gasteiger partial charge on any atom is 0.412 e. The number of hydrogen-bond acceptors (Lipinski definition) is 3. The summed E-state index contributed by atoms with van der Waals surface area (Å²) in [4.78, 5) is 13.2. The van der Waals surface area contributed by atoms with Crippen LogP contribution in [0, 0.1) is 5.82 Å². The Morgan fingerprint density at radius 2 is 2.14 bits per heavy atom. The second-order valence-electron chi connectivity index (χ2n) is 6.13. The molecule has 0 bridgehead atoms. The largest absolute Gasteiger partial charge is 0.444 e. The molecule has 1 fully saturated rings. The smallest absolute Gasteiger partial charge is 0.412 e. The second kappa shape index (κ2) is 5.81. The van der Waals surface area contributed by atoms with Crippen molar-refractivity contribution in [2.24, 2.45) is 0 Å². The summed E-state index contributed by atoms with van der Waals surface area (Å²) < 4.78 is 19.3. The lowest BCUT2D eigenvalue weighted by Crippen LogP contribution is -2.41. The Labute approximate surface area is 128 Å². The molecule has 0 radical (unpaired) electrons. The Morgan fingerprint density at radius 3 is 2.76 bits per heavy atom. The molecule has 0 aromatic heterocycles. The zero-order valence-corrected chi connectivity index (χ0v) is 13.0. The van der Waals surface area contributed by atoms with Crippen molar-refractivity contribution in [3.8, 4) is 0 Å². The number of aliphatic hydroxyl groups excluding tert-OH is 1. The van der Waals surface area contributed by atoms with Gasteiger partial charge in [-0.3, -0.25) is 4.90 Å². The van der Waals surface area contributed by atoms with E-state index >= 15 is 0 Å². The predicted octanol–water partition coefficient (Wildman–Crippen LogP) is 3.52. The molecule has 116 valence electrons. The van der Waals surface area contributed by atoms with E-state index in [0.717, 1.165) is 0 Å². The van der Waals surface area contributed by atoms with Gasteiger partial charge in [0.05, 0.1) is 5.02 Å². The van der Waals surface area contributed by atoms with E-state index in [1.54, 1.807) is 32.9 Å². The van der Waals surface area contributed by atoms with Crippen molar-refractivity contribution < 1.29 is 19.0 Å². The van der Waals surface area contributed by atoms with E-state index in [1.165, 1.54) is 11.0 Å². The lowest BCUT2D eigenvalue weighted by Gasteiger charge is -2.27. The molecule has 1 amide bonds. The van der Waals surface area contributed by atoms with Crippen LogP contribution in [-0.4, -0.2) is 34.5 Å². The van der Waals surface area contributed by atoms with Crippen LogP contribution in [0.4, 0.5) is 9.18 Å². The molecule has 1 N–H and O–H groups in total. The molecule has 4 nitrogen and oxygen atoms in total. The van der Waals surface area contributed by atoms with Crippen LogP contribution >= 0.6 is 11.6 Å². The molecule has 2 rings (SSSR count). The van der Waals surface area contributed by atoms with Gasteiger partial charge in [0.1, 0.15) is 17.6 Å². The third-order valence-electron chi connectivity index (χ3n) is 3.37. The summed E-state index contributed by atoms with van der Waals surface area (Å²) in [6, 6.07) is 4.66. The van der Waals surface area contributed by atoms with Gasteiger partial charge in [-0.1, -0.05) is 23.7 Å². The summed E-state index contributed by atoms with van der Waals surface area (Å²) in [7, 11) is 0.